The average Bonchev–Trinajstić information content (AvgIpc) is 3.05. The Kier molecular flexibility index (Phi) is 5.54. The predicted molar refractivity (Wildman–Crippen MR) is 104 cm³/mol. The standard InChI is InChI=1S/C21H21N3O4/c1-22-20(27)15-8-6-14(7-9-15)13-23(2)21(28)16-4-3-5-17(12-16)24-18(25)10-11-19(24)26/h3-9,12H,10-11,13H2,1-2H3,(H,22,27). The number of imide groups is 1. The number of hydrogen-bond donors (Lipinski definition) is 1. The van der Waals surface area contributed by atoms with Gasteiger partial charge in [-0.3, -0.25) is 24.1 Å². The van der Waals surface area contributed by atoms with Crippen LogP contribution in [-0.4, -0.2) is 42.6 Å². The molecule has 1 aliphatic rings. The molecule has 1 aliphatic heterocycles. The molecular weight excluding hydrogens is 358 g/mol. The molecule has 0 atom stereocenters. The number of rotatable bonds is 5. The Bertz CT molecular complexity index is 921. The molecule has 0 spiro atoms. The summed E-state index contributed by atoms with van der Waals surface area (Å²) in [7, 11) is 3.24. The largest absolute Gasteiger partial charge is 0.355 e. The van der Waals surface area contributed by atoms with E-state index >= 15 is 0 Å². The maximum absolute atomic E-state index is 12.8. The first-order chi connectivity index (χ1) is 13.4. The minimum atomic E-state index is -0.251. The normalized spacial score (nSPS) is 13.6. The number of hydrogen-bond acceptors (Lipinski definition) is 4. The molecule has 28 heavy (non-hydrogen) atoms. The van der Waals surface area contributed by atoms with Crippen LogP contribution in [0.3, 0.4) is 0 Å². The van der Waals surface area contributed by atoms with E-state index in [0.29, 0.717) is 23.4 Å². The fraction of sp³-hybridized carbons (Fsp3) is 0.238. The molecule has 2 aromatic carbocycles. The van der Waals surface area contributed by atoms with Gasteiger partial charge < -0.3 is 10.2 Å². The average molecular weight is 379 g/mol. The lowest BCUT2D eigenvalue weighted by molar-refractivity contribution is -0.121. The third kappa shape index (κ3) is 3.93. The van der Waals surface area contributed by atoms with Crippen molar-refractivity contribution in [3.05, 3.63) is 65.2 Å². The van der Waals surface area contributed by atoms with Gasteiger partial charge >= 0.3 is 0 Å². The van der Waals surface area contributed by atoms with Crippen LogP contribution in [0.2, 0.25) is 0 Å². The third-order valence-electron chi connectivity index (χ3n) is 4.61. The minimum absolute atomic E-state index is 0.168. The molecule has 4 amide bonds. The fourth-order valence-corrected chi connectivity index (χ4v) is 3.11. The number of nitrogens with one attached hydrogen (secondary N) is 1. The van der Waals surface area contributed by atoms with Crippen LogP contribution in [0.5, 0.6) is 0 Å². The zero-order chi connectivity index (χ0) is 20.3. The van der Waals surface area contributed by atoms with Crippen LogP contribution in [0.15, 0.2) is 48.5 Å². The van der Waals surface area contributed by atoms with Crippen LogP contribution in [0.4, 0.5) is 5.69 Å². The van der Waals surface area contributed by atoms with Gasteiger partial charge in [0.2, 0.25) is 11.8 Å². The molecule has 0 bridgehead atoms. The first kappa shape index (κ1) is 19.3. The highest BCUT2D eigenvalue weighted by atomic mass is 16.2. The molecule has 7 heteroatoms. The van der Waals surface area contributed by atoms with Gasteiger partial charge in [-0.15, -0.1) is 0 Å². The van der Waals surface area contributed by atoms with Gasteiger partial charge in [0.1, 0.15) is 0 Å². The van der Waals surface area contributed by atoms with Crippen LogP contribution in [-0.2, 0) is 16.1 Å². The number of carbonyl (C=O) groups is 4. The molecule has 0 aromatic heterocycles. The summed E-state index contributed by atoms with van der Waals surface area (Å²) in [5.74, 6) is -0.895. The van der Waals surface area contributed by atoms with Gasteiger partial charge in [-0.2, -0.15) is 0 Å². The van der Waals surface area contributed by atoms with Gasteiger partial charge in [0.05, 0.1) is 5.69 Å². The molecule has 144 valence electrons. The second-order valence-corrected chi connectivity index (χ2v) is 6.61. The lowest BCUT2D eigenvalue weighted by atomic mass is 10.1. The Labute approximate surface area is 162 Å². The van der Waals surface area contributed by atoms with Crippen molar-refractivity contribution in [2.75, 3.05) is 19.0 Å². The highest BCUT2D eigenvalue weighted by Gasteiger charge is 2.30. The van der Waals surface area contributed by atoms with Crippen LogP contribution < -0.4 is 10.2 Å². The van der Waals surface area contributed by atoms with Gasteiger partial charge in [-0.25, -0.2) is 0 Å². The van der Waals surface area contributed by atoms with Crippen LogP contribution >= 0.6 is 0 Å². The summed E-state index contributed by atoms with van der Waals surface area (Å²) in [5, 5.41) is 2.56. The molecule has 3 rings (SSSR count). The van der Waals surface area contributed by atoms with Crippen molar-refractivity contribution in [3.8, 4) is 0 Å². The number of nitrogens with zero attached hydrogens (tertiary/aromatic N) is 2. The summed E-state index contributed by atoms with van der Waals surface area (Å²) in [4.78, 5) is 50.9. The zero-order valence-corrected chi connectivity index (χ0v) is 15.8. The van der Waals surface area contributed by atoms with E-state index in [2.05, 4.69) is 5.32 Å². The smallest absolute Gasteiger partial charge is 0.253 e. The maximum atomic E-state index is 12.8. The van der Waals surface area contributed by atoms with Gasteiger partial charge in [0.15, 0.2) is 0 Å². The molecule has 1 N–H and O–H groups in total. The summed E-state index contributed by atoms with van der Waals surface area (Å²) >= 11 is 0. The Morgan fingerprint density at radius 2 is 1.64 bits per heavy atom. The van der Waals surface area contributed by atoms with E-state index in [0.717, 1.165) is 10.5 Å². The molecule has 0 aliphatic carbocycles. The van der Waals surface area contributed by atoms with Crippen LogP contribution in [0.1, 0.15) is 39.1 Å². The van der Waals surface area contributed by atoms with E-state index in [1.807, 2.05) is 0 Å². The molecule has 0 radical (unpaired) electrons. The molecule has 2 aromatic rings. The lowest BCUT2D eigenvalue weighted by Crippen LogP contribution is -2.30. The molecule has 1 saturated heterocycles. The second-order valence-electron chi connectivity index (χ2n) is 6.61. The summed E-state index contributed by atoms with van der Waals surface area (Å²) in [5.41, 5.74) is 2.24. The molecule has 0 saturated carbocycles. The van der Waals surface area contributed by atoms with Gasteiger partial charge in [-0.05, 0) is 35.9 Å². The number of amides is 4. The predicted octanol–water partition coefficient (Wildman–Crippen LogP) is 1.97. The Hall–Kier alpha value is -3.48. The first-order valence-corrected chi connectivity index (χ1v) is 8.93. The highest BCUT2D eigenvalue weighted by Crippen LogP contribution is 2.24. The quantitative estimate of drug-likeness (QED) is 0.805. The van der Waals surface area contributed by atoms with Crippen LogP contribution in [0.25, 0.3) is 0 Å². The van der Waals surface area contributed by atoms with Crippen molar-refractivity contribution >= 4 is 29.3 Å². The van der Waals surface area contributed by atoms with Crippen molar-refractivity contribution in [2.24, 2.45) is 0 Å². The van der Waals surface area contributed by atoms with Crippen molar-refractivity contribution in [3.63, 3.8) is 0 Å². The summed E-state index contributed by atoms with van der Waals surface area (Å²) in [6, 6.07) is 13.5. The topological polar surface area (TPSA) is 86.8 Å². The number of anilines is 1. The van der Waals surface area contributed by atoms with E-state index in [4.69, 9.17) is 0 Å². The van der Waals surface area contributed by atoms with Crippen molar-refractivity contribution in [2.45, 2.75) is 19.4 Å². The Morgan fingerprint density at radius 3 is 2.25 bits per heavy atom. The van der Waals surface area contributed by atoms with E-state index in [1.54, 1.807) is 67.5 Å². The summed E-state index contributed by atoms with van der Waals surface area (Å²) < 4.78 is 0. The van der Waals surface area contributed by atoms with Gasteiger partial charge in [0.25, 0.3) is 11.8 Å². The van der Waals surface area contributed by atoms with Crippen LogP contribution in [0, 0.1) is 0 Å². The molecule has 0 unspecified atom stereocenters. The Balaban J connectivity index is 1.73. The monoisotopic (exact) mass is 379 g/mol. The summed E-state index contributed by atoms with van der Waals surface area (Å²) in [6.45, 7) is 0.360. The van der Waals surface area contributed by atoms with E-state index in [1.165, 1.54) is 0 Å². The van der Waals surface area contributed by atoms with Crippen molar-refractivity contribution < 1.29 is 19.2 Å². The fourth-order valence-electron chi connectivity index (χ4n) is 3.11. The van der Waals surface area contributed by atoms with Gasteiger partial charge in [0, 0.05) is 44.6 Å². The third-order valence-corrected chi connectivity index (χ3v) is 4.61. The minimum Gasteiger partial charge on any atom is -0.355 e. The van der Waals surface area contributed by atoms with E-state index < -0.39 is 0 Å². The van der Waals surface area contributed by atoms with Crippen molar-refractivity contribution in [1.82, 2.24) is 10.2 Å². The zero-order valence-electron chi connectivity index (χ0n) is 15.8. The van der Waals surface area contributed by atoms with E-state index in [-0.39, 0.29) is 36.5 Å². The van der Waals surface area contributed by atoms with Gasteiger partial charge in [-0.1, -0.05) is 18.2 Å². The number of benzene rings is 2. The van der Waals surface area contributed by atoms with Crippen molar-refractivity contribution in [1.29, 1.82) is 0 Å². The molecule has 1 heterocycles. The number of carbonyl (C=O) groups excluding carboxylic acids is 4. The SMILES string of the molecule is CNC(=O)c1ccc(CN(C)C(=O)c2cccc(N3C(=O)CCC3=O)c2)cc1. The lowest BCUT2D eigenvalue weighted by Gasteiger charge is -2.19. The van der Waals surface area contributed by atoms with E-state index in [9.17, 15) is 19.2 Å². The first-order valence-electron chi connectivity index (χ1n) is 8.93. The molecular formula is C21H21N3O4. The molecule has 1 fully saturated rings. The maximum Gasteiger partial charge on any atom is 0.253 e. The Morgan fingerprint density at radius 1 is 1.00 bits per heavy atom. The highest BCUT2D eigenvalue weighted by molar-refractivity contribution is 6.20. The summed E-state index contributed by atoms with van der Waals surface area (Å²) in [6.07, 6.45) is 0.395. The molecule has 7 nitrogen and oxygen atoms in total. The second kappa shape index (κ2) is 8.04.